The van der Waals surface area contributed by atoms with E-state index >= 15 is 0 Å². The molecule has 0 unspecified atom stereocenters. The minimum atomic E-state index is -4.99. The van der Waals surface area contributed by atoms with Gasteiger partial charge in [-0.1, -0.05) is 0 Å². The molecule has 0 amide bonds. The van der Waals surface area contributed by atoms with Crippen LogP contribution in [-0.4, -0.2) is 22.4 Å². The molecule has 0 atom stereocenters. The molecule has 1 rings (SSSR count). The van der Waals surface area contributed by atoms with Crippen LogP contribution in [0.3, 0.4) is 0 Å². The summed E-state index contributed by atoms with van der Waals surface area (Å²) in [7, 11) is 0. The predicted octanol–water partition coefficient (Wildman–Crippen LogP) is 3.02. The lowest BCUT2D eigenvalue weighted by molar-refractivity contribution is -0.275. The Hall–Kier alpha value is -0.770. The Labute approximate surface area is 112 Å². The molecule has 0 saturated carbocycles. The molecule has 94 valence electrons. The summed E-state index contributed by atoms with van der Waals surface area (Å²) in [5.41, 5.74) is -0.671. The van der Waals surface area contributed by atoms with Crippen LogP contribution in [0.1, 0.15) is 15.9 Å². The molecule has 0 radical (unpaired) electrons. The van der Waals surface area contributed by atoms with E-state index in [1.165, 1.54) is 22.6 Å². The molecule has 0 aliphatic carbocycles. The number of aromatic nitrogens is 1. The van der Waals surface area contributed by atoms with Crippen molar-refractivity contribution < 1.29 is 27.8 Å². The van der Waals surface area contributed by atoms with E-state index in [2.05, 4.69) is 9.72 Å². The van der Waals surface area contributed by atoms with Gasteiger partial charge in [0.2, 0.25) is 0 Å². The zero-order valence-electron chi connectivity index (χ0n) is 7.89. The van der Waals surface area contributed by atoms with Gasteiger partial charge in [0.1, 0.15) is 9.26 Å². The fourth-order valence-electron chi connectivity index (χ4n) is 1.05. The zero-order valence-corrected chi connectivity index (χ0v) is 10.8. The lowest BCUT2D eigenvalue weighted by atomic mass is 10.1. The number of pyridine rings is 1. The Bertz CT molecular complexity index is 452. The van der Waals surface area contributed by atoms with Crippen LogP contribution in [0.5, 0.6) is 5.75 Å². The maximum absolute atomic E-state index is 12.1. The van der Waals surface area contributed by atoms with Crippen molar-refractivity contribution in [3.05, 3.63) is 21.0 Å². The van der Waals surface area contributed by atoms with Gasteiger partial charge in [-0.15, -0.1) is 24.8 Å². The van der Waals surface area contributed by atoms with Crippen LogP contribution < -0.4 is 4.74 Å². The van der Waals surface area contributed by atoms with Crippen LogP contribution in [0.4, 0.5) is 13.2 Å². The molecule has 1 heterocycles. The minimum Gasteiger partial charge on any atom is -0.478 e. The maximum Gasteiger partial charge on any atom is 0.573 e. The van der Waals surface area contributed by atoms with Crippen molar-refractivity contribution in [2.24, 2.45) is 0 Å². The molecule has 1 aromatic rings. The van der Waals surface area contributed by atoms with Crippen molar-refractivity contribution in [3.8, 4) is 5.75 Å². The summed E-state index contributed by atoms with van der Waals surface area (Å²) < 4.78 is 39.8. The molecule has 0 bridgehead atoms. The third kappa shape index (κ3) is 3.60. The quantitative estimate of drug-likeness (QED) is 0.497. The number of aromatic carboxylic acids is 1. The first kappa shape index (κ1) is 14.3. The highest BCUT2D eigenvalue weighted by molar-refractivity contribution is 14.1. The zero-order chi connectivity index (χ0) is 13.2. The van der Waals surface area contributed by atoms with Crippen LogP contribution in [0.15, 0.2) is 6.20 Å². The summed E-state index contributed by atoms with van der Waals surface area (Å²) in [5, 5.41) is 8.86. The van der Waals surface area contributed by atoms with Gasteiger partial charge in [0.25, 0.3) is 0 Å². The van der Waals surface area contributed by atoms with Gasteiger partial charge in [0.15, 0.2) is 5.75 Å². The van der Waals surface area contributed by atoms with E-state index in [1.54, 1.807) is 0 Å². The Morgan fingerprint density at radius 3 is 2.59 bits per heavy atom. The normalized spacial score (nSPS) is 11.4. The van der Waals surface area contributed by atoms with E-state index in [4.69, 9.17) is 16.7 Å². The van der Waals surface area contributed by atoms with Crippen LogP contribution in [0.25, 0.3) is 0 Å². The molecule has 17 heavy (non-hydrogen) atoms. The highest BCUT2D eigenvalue weighted by Gasteiger charge is 2.35. The first-order valence-electron chi connectivity index (χ1n) is 3.98. The van der Waals surface area contributed by atoms with Crippen LogP contribution >= 0.6 is 34.2 Å². The molecule has 0 aliphatic heterocycles. The Kier molecular flexibility index (Phi) is 4.42. The highest BCUT2D eigenvalue weighted by atomic mass is 127. The van der Waals surface area contributed by atoms with Gasteiger partial charge in [-0.3, -0.25) is 0 Å². The molecule has 0 spiro atoms. The fourth-order valence-corrected chi connectivity index (χ4v) is 1.77. The average Bonchev–Trinajstić information content (AvgIpc) is 2.18. The number of halogens is 5. The average molecular weight is 381 g/mol. The second-order valence-corrected chi connectivity index (χ2v) is 4.05. The Balaban J connectivity index is 3.39. The molecule has 0 aromatic carbocycles. The smallest absolute Gasteiger partial charge is 0.478 e. The van der Waals surface area contributed by atoms with Crippen molar-refractivity contribution in [3.63, 3.8) is 0 Å². The third-order valence-corrected chi connectivity index (χ3v) is 2.70. The van der Waals surface area contributed by atoms with E-state index in [1.807, 2.05) is 0 Å². The summed E-state index contributed by atoms with van der Waals surface area (Å²) in [5.74, 6) is -2.68. The summed E-state index contributed by atoms with van der Waals surface area (Å²) in [6.07, 6.45) is -3.89. The van der Waals surface area contributed by atoms with Gasteiger partial charge in [0, 0.05) is 17.6 Å². The highest BCUT2D eigenvalue weighted by Crippen LogP contribution is 2.32. The second kappa shape index (κ2) is 5.25. The maximum atomic E-state index is 12.1. The standard InChI is InChI=1S/C8H4ClF3INO3/c9-1-3-2-14-6(13)5(4(3)7(15)16)17-8(10,11)12/h2H,1H2,(H,15,16). The van der Waals surface area contributed by atoms with Gasteiger partial charge in [-0.2, -0.15) is 0 Å². The van der Waals surface area contributed by atoms with Gasteiger partial charge in [-0.05, 0) is 22.6 Å². The summed E-state index contributed by atoms with van der Waals surface area (Å²) >= 11 is 6.88. The molecule has 0 aliphatic rings. The Morgan fingerprint density at radius 1 is 1.59 bits per heavy atom. The van der Waals surface area contributed by atoms with Crippen molar-refractivity contribution >= 4 is 40.2 Å². The number of alkyl halides is 4. The van der Waals surface area contributed by atoms with E-state index in [0.717, 1.165) is 6.20 Å². The minimum absolute atomic E-state index is 0.0427. The number of nitrogens with zero attached hydrogens (tertiary/aromatic N) is 1. The topological polar surface area (TPSA) is 59.4 Å². The second-order valence-electron chi connectivity index (χ2n) is 2.76. The number of hydrogen-bond donors (Lipinski definition) is 1. The van der Waals surface area contributed by atoms with Gasteiger partial charge in [0.05, 0.1) is 0 Å². The molecule has 0 fully saturated rings. The number of hydrogen-bond acceptors (Lipinski definition) is 3. The molecule has 1 N–H and O–H groups in total. The lowest BCUT2D eigenvalue weighted by Gasteiger charge is -2.14. The van der Waals surface area contributed by atoms with Crippen LogP contribution in [0.2, 0.25) is 0 Å². The number of carboxylic acids is 1. The largest absolute Gasteiger partial charge is 0.573 e. The number of carboxylic acid groups (broad SMARTS) is 1. The Morgan fingerprint density at radius 2 is 2.18 bits per heavy atom. The van der Waals surface area contributed by atoms with Crippen LogP contribution in [-0.2, 0) is 5.88 Å². The summed E-state index contributed by atoms with van der Waals surface area (Å²) in [6, 6.07) is 0. The van der Waals surface area contributed by atoms with Gasteiger partial charge < -0.3 is 9.84 Å². The predicted molar refractivity (Wildman–Crippen MR) is 60.2 cm³/mol. The number of rotatable bonds is 3. The SMILES string of the molecule is O=C(O)c1c(CCl)cnc(I)c1OC(F)(F)F. The number of ether oxygens (including phenoxy) is 1. The van der Waals surface area contributed by atoms with E-state index in [9.17, 15) is 18.0 Å². The third-order valence-electron chi connectivity index (χ3n) is 1.64. The van der Waals surface area contributed by atoms with Crippen molar-refractivity contribution in [2.75, 3.05) is 0 Å². The molecule has 0 saturated heterocycles. The van der Waals surface area contributed by atoms with Gasteiger partial charge >= 0.3 is 12.3 Å². The molecule has 1 aromatic heterocycles. The summed E-state index contributed by atoms with van der Waals surface area (Å²) in [6.45, 7) is 0. The summed E-state index contributed by atoms with van der Waals surface area (Å²) in [4.78, 5) is 14.5. The first-order valence-corrected chi connectivity index (χ1v) is 5.60. The van der Waals surface area contributed by atoms with Crippen LogP contribution in [0, 0.1) is 3.70 Å². The fraction of sp³-hybridized carbons (Fsp3) is 0.250. The van der Waals surface area contributed by atoms with Gasteiger partial charge in [-0.25, -0.2) is 9.78 Å². The van der Waals surface area contributed by atoms with E-state index in [0.29, 0.717) is 0 Å². The number of carbonyl (C=O) groups is 1. The van der Waals surface area contributed by atoms with Crippen molar-refractivity contribution in [1.29, 1.82) is 0 Å². The monoisotopic (exact) mass is 381 g/mol. The molecular weight excluding hydrogens is 377 g/mol. The molecular formula is C8H4ClF3INO3. The van der Waals surface area contributed by atoms with Crippen molar-refractivity contribution in [2.45, 2.75) is 12.2 Å². The van der Waals surface area contributed by atoms with E-state index in [-0.39, 0.29) is 15.1 Å². The molecule has 9 heteroatoms. The molecule has 4 nitrogen and oxygen atoms in total. The van der Waals surface area contributed by atoms with Crippen molar-refractivity contribution in [1.82, 2.24) is 4.98 Å². The lowest BCUT2D eigenvalue weighted by Crippen LogP contribution is -2.21. The first-order chi connectivity index (χ1) is 7.76. The van der Waals surface area contributed by atoms with E-state index < -0.39 is 23.6 Å².